The zero-order chi connectivity index (χ0) is 31.9. The van der Waals surface area contributed by atoms with E-state index >= 15 is 0 Å². The molecule has 246 valence electrons. The van der Waals surface area contributed by atoms with Crippen LogP contribution in [0.4, 0.5) is 13.2 Å². The van der Waals surface area contributed by atoms with Crippen LogP contribution in [-0.2, 0) is 19.0 Å². The van der Waals surface area contributed by atoms with Crippen LogP contribution in [0.5, 0.6) is 0 Å². The van der Waals surface area contributed by atoms with Crippen molar-refractivity contribution in [3.63, 3.8) is 0 Å². The second kappa shape index (κ2) is 15.6. The third kappa shape index (κ3) is 8.52. The number of methoxy groups -OCH3 is 1. The first kappa shape index (κ1) is 34.2. The maximum atomic E-state index is 13.6. The van der Waals surface area contributed by atoms with Gasteiger partial charge in [-0.3, -0.25) is 9.69 Å². The lowest BCUT2D eigenvalue weighted by Gasteiger charge is -2.44. The summed E-state index contributed by atoms with van der Waals surface area (Å²) in [5, 5.41) is 3.30. The van der Waals surface area contributed by atoms with Gasteiger partial charge in [-0.05, 0) is 58.9 Å². The fraction of sp³-hybridized carbons (Fsp3) is 0.688. The van der Waals surface area contributed by atoms with Crippen molar-refractivity contribution in [3.8, 4) is 0 Å². The molecule has 3 heterocycles. The van der Waals surface area contributed by atoms with Gasteiger partial charge in [0.2, 0.25) is 0 Å². The number of carbonyl (C=O) groups is 1. The molecule has 3 aliphatic heterocycles. The van der Waals surface area contributed by atoms with E-state index in [9.17, 15) is 18.0 Å². The molecule has 0 aromatic carbocycles. The maximum absolute atomic E-state index is 13.6. The van der Waals surface area contributed by atoms with Crippen LogP contribution in [0.15, 0.2) is 52.3 Å². The molecule has 0 spiro atoms. The number of likely N-dealkylation sites (N-methyl/N-ethyl adjacent to an activating group) is 1. The Kier molecular flexibility index (Phi) is 12.1. The van der Waals surface area contributed by atoms with Crippen molar-refractivity contribution in [1.82, 2.24) is 15.1 Å². The van der Waals surface area contributed by atoms with E-state index in [-0.39, 0.29) is 41.9 Å². The van der Waals surface area contributed by atoms with Gasteiger partial charge in [0.25, 0.3) is 5.91 Å². The van der Waals surface area contributed by atoms with Crippen LogP contribution in [-0.4, -0.2) is 106 Å². The number of allylic oxidation sites excluding steroid dienone is 4. The summed E-state index contributed by atoms with van der Waals surface area (Å²) in [6.45, 7) is 8.95. The Hall–Kier alpha value is -2.67. The summed E-state index contributed by atoms with van der Waals surface area (Å²) in [4.78, 5) is 22.0. The highest BCUT2D eigenvalue weighted by Gasteiger charge is 2.37. The Balaban J connectivity index is 1.29. The molecule has 0 radical (unpaired) electrons. The third-order valence-electron chi connectivity index (χ3n) is 9.50. The minimum absolute atomic E-state index is 0.0422. The molecule has 3 N–H and O–H groups in total. The Morgan fingerprint density at radius 1 is 1.27 bits per heavy atom. The Labute approximate surface area is 259 Å². The summed E-state index contributed by atoms with van der Waals surface area (Å²) < 4.78 is 56.5. The lowest BCUT2D eigenvalue weighted by atomic mass is 9.87. The monoisotopic (exact) mass is 623 g/mol. The number of carbonyl (C=O) groups excluding carboxylic acids is 1. The van der Waals surface area contributed by atoms with Crippen molar-refractivity contribution in [3.05, 3.63) is 47.3 Å². The Bertz CT molecular complexity index is 1130. The molecule has 9 nitrogen and oxygen atoms in total. The molecule has 12 heteroatoms. The van der Waals surface area contributed by atoms with Crippen molar-refractivity contribution in [1.29, 1.82) is 0 Å². The van der Waals surface area contributed by atoms with Gasteiger partial charge >= 0.3 is 6.18 Å². The smallest absolute Gasteiger partial charge is 0.390 e. The van der Waals surface area contributed by atoms with Gasteiger partial charge in [-0.25, -0.2) is 4.99 Å². The summed E-state index contributed by atoms with van der Waals surface area (Å²) in [6, 6.07) is 0.630. The quantitative estimate of drug-likeness (QED) is 0.164. The van der Waals surface area contributed by atoms with Crippen molar-refractivity contribution >= 4 is 12.2 Å². The number of nitrogens with two attached hydrogens (primary N) is 1. The zero-order valence-electron chi connectivity index (χ0n) is 26.2. The fourth-order valence-electron chi connectivity index (χ4n) is 6.71. The molecular formula is C32H48F3N5O4. The number of hydrogen-bond acceptors (Lipinski definition) is 7. The topological polar surface area (TPSA) is 102 Å². The summed E-state index contributed by atoms with van der Waals surface area (Å²) in [6.07, 6.45) is 6.10. The normalized spacial score (nSPS) is 29.5. The first-order chi connectivity index (χ1) is 21.0. The van der Waals surface area contributed by atoms with Gasteiger partial charge in [-0.15, -0.1) is 0 Å². The van der Waals surface area contributed by atoms with E-state index in [0.29, 0.717) is 50.0 Å². The summed E-state index contributed by atoms with van der Waals surface area (Å²) in [7, 11) is 3.86. The minimum Gasteiger partial charge on any atom is -0.390 e. The Morgan fingerprint density at radius 2 is 2.02 bits per heavy atom. The van der Waals surface area contributed by atoms with Gasteiger partial charge < -0.3 is 30.2 Å². The van der Waals surface area contributed by atoms with Crippen molar-refractivity contribution in [2.75, 3.05) is 47.0 Å². The van der Waals surface area contributed by atoms with Crippen molar-refractivity contribution in [2.45, 2.75) is 88.4 Å². The number of ether oxygens (including phenoxy) is 3. The number of nitrogens with zero attached hydrogens (tertiary/aromatic N) is 3. The van der Waals surface area contributed by atoms with E-state index in [1.54, 1.807) is 20.1 Å². The standard InChI is InChI=1S/C32H48F3N5O4/c1-21(22(2)37-18-26-6-5-7-28(44-26)23-8-10-24(11-9-23)32(33,34)35)30(38-20-36)31(41)40-15-12-25(13-16-40)39(3)27-14-17-43-19-29(27)42-4/h8,10-11,20,23,25-29,37H,2,5-7,9,12-19H2,1,3-4H3,(H2,36,38)/b30-21-/t23?,26-,27-,28+,29+/m1/s1. The van der Waals surface area contributed by atoms with Crippen LogP contribution in [0.2, 0.25) is 0 Å². The van der Waals surface area contributed by atoms with E-state index in [1.165, 1.54) is 6.08 Å². The average molecular weight is 624 g/mol. The highest BCUT2D eigenvalue weighted by Crippen LogP contribution is 2.35. The second-order valence-corrected chi connectivity index (χ2v) is 12.1. The number of halogens is 3. The number of nitrogens with one attached hydrogen (secondary N) is 1. The van der Waals surface area contributed by atoms with E-state index in [4.69, 9.17) is 19.9 Å². The van der Waals surface area contributed by atoms with Crippen LogP contribution < -0.4 is 11.1 Å². The number of rotatable bonds is 10. The SMILES string of the molecule is C=C(NC[C@H]1CCC[C@@H](C2C=CC(C(F)(F)F)=CC2)O1)/C(C)=C(\N=CN)C(=O)N1CCC(N(C)[C@@H]2CCOC[C@@H]2OC)CC1. The number of piperidine rings is 1. The lowest BCUT2D eigenvalue weighted by Crippen LogP contribution is -2.54. The minimum atomic E-state index is -4.33. The first-order valence-corrected chi connectivity index (χ1v) is 15.6. The molecule has 0 saturated carbocycles. The van der Waals surface area contributed by atoms with E-state index < -0.39 is 11.7 Å². The molecule has 3 saturated heterocycles. The predicted molar refractivity (Wildman–Crippen MR) is 164 cm³/mol. The molecule has 1 amide bonds. The van der Waals surface area contributed by atoms with Crippen LogP contribution in [0.3, 0.4) is 0 Å². The van der Waals surface area contributed by atoms with Crippen molar-refractivity contribution in [2.24, 2.45) is 16.6 Å². The lowest BCUT2D eigenvalue weighted by molar-refractivity contribution is -0.129. The van der Waals surface area contributed by atoms with Gasteiger partial charge in [-0.1, -0.05) is 24.8 Å². The molecular weight excluding hydrogens is 575 g/mol. The summed E-state index contributed by atoms with van der Waals surface area (Å²) in [5.41, 5.74) is 6.46. The molecule has 3 fully saturated rings. The molecule has 1 aliphatic carbocycles. The zero-order valence-corrected chi connectivity index (χ0v) is 26.2. The van der Waals surface area contributed by atoms with E-state index in [1.807, 2.05) is 4.90 Å². The summed E-state index contributed by atoms with van der Waals surface area (Å²) in [5.74, 6) is -0.266. The third-order valence-corrected chi connectivity index (χ3v) is 9.50. The highest BCUT2D eigenvalue weighted by molar-refractivity contribution is 5.95. The van der Waals surface area contributed by atoms with Crippen molar-refractivity contribution < 1.29 is 32.2 Å². The van der Waals surface area contributed by atoms with Crippen LogP contribution in [0, 0.1) is 5.92 Å². The molecule has 1 unspecified atom stereocenters. The number of aliphatic imine (C=N–C) groups is 1. The van der Waals surface area contributed by atoms with Gasteiger partial charge in [0.15, 0.2) is 0 Å². The van der Waals surface area contributed by atoms with Crippen LogP contribution >= 0.6 is 0 Å². The second-order valence-electron chi connectivity index (χ2n) is 12.1. The van der Waals surface area contributed by atoms with Gasteiger partial charge in [0.05, 0.1) is 36.8 Å². The first-order valence-electron chi connectivity index (χ1n) is 15.6. The van der Waals surface area contributed by atoms with E-state index in [2.05, 4.69) is 28.8 Å². The number of hydrogen-bond donors (Lipinski definition) is 2. The molecule has 0 aromatic heterocycles. The van der Waals surface area contributed by atoms with Gasteiger partial charge in [0, 0.05) is 62.6 Å². The molecule has 4 rings (SSSR count). The molecule has 44 heavy (non-hydrogen) atoms. The summed E-state index contributed by atoms with van der Waals surface area (Å²) >= 11 is 0. The molecule has 4 aliphatic rings. The number of likely N-dealkylation sites (tertiary alicyclic amines) is 1. The van der Waals surface area contributed by atoms with Gasteiger partial charge in [-0.2, -0.15) is 13.2 Å². The average Bonchev–Trinajstić information content (AvgIpc) is 3.05. The van der Waals surface area contributed by atoms with E-state index in [0.717, 1.165) is 57.5 Å². The number of alkyl halides is 3. The predicted octanol–water partition coefficient (Wildman–Crippen LogP) is 4.08. The molecule has 5 atom stereocenters. The molecule has 0 aromatic rings. The maximum Gasteiger partial charge on any atom is 0.416 e. The highest BCUT2D eigenvalue weighted by atomic mass is 19.4. The number of amides is 1. The fourth-order valence-corrected chi connectivity index (χ4v) is 6.71. The Morgan fingerprint density at radius 3 is 2.66 bits per heavy atom. The van der Waals surface area contributed by atoms with Crippen LogP contribution in [0.1, 0.15) is 51.9 Å². The molecule has 0 bridgehead atoms. The van der Waals surface area contributed by atoms with Gasteiger partial charge in [0.1, 0.15) is 5.70 Å². The largest absolute Gasteiger partial charge is 0.416 e. The van der Waals surface area contributed by atoms with Crippen LogP contribution in [0.25, 0.3) is 0 Å².